The molecular formula is C30H26O. The van der Waals surface area contributed by atoms with Crippen LogP contribution in [0, 0.1) is 13.8 Å². The molecule has 6 rings (SSSR count). The van der Waals surface area contributed by atoms with E-state index in [1.807, 2.05) is 13.8 Å². The molecule has 0 saturated heterocycles. The first-order valence-electron chi connectivity index (χ1n) is 11.0. The van der Waals surface area contributed by atoms with E-state index in [1.165, 1.54) is 54.6 Å². The summed E-state index contributed by atoms with van der Waals surface area (Å²) in [7, 11) is 0. The summed E-state index contributed by atoms with van der Waals surface area (Å²) >= 11 is 0. The molecule has 0 saturated carbocycles. The van der Waals surface area contributed by atoms with Gasteiger partial charge in [0, 0.05) is 16.2 Å². The van der Waals surface area contributed by atoms with Crippen LogP contribution >= 0.6 is 0 Å². The van der Waals surface area contributed by atoms with E-state index in [9.17, 15) is 0 Å². The molecule has 0 fully saturated rings. The minimum absolute atomic E-state index is 0.955. The van der Waals surface area contributed by atoms with E-state index in [1.54, 1.807) is 0 Å². The van der Waals surface area contributed by atoms with E-state index >= 15 is 0 Å². The molecule has 0 atom stereocenters. The summed E-state index contributed by atoms with van der Waals surface area (Å²) in [5.74, 6) is 0. The van der Waals surface area contributed by atoms with Gasteiger partial charge in [0.25, 0.3) is 0 Å². The van der Waals surface area contributed by atoms with E-state index < -0.39 is 0 Å². The third kappa shape index (κ3) is 3.00. The Hall–Kier alpha value is -3.58. The maximum Gasteiger partial charge on any atom is 0.143 e. The van der Waals surface area contributed by atoms with Gasteiger partial charge in [-0.2, -0.15) is 0 Å². The molecule has 1 aromatic heterocycles. The highest BCUT2D eigenvalue weighted by molar-refractivity contribution is 6.15. The van der Waals surface area contributed by atoms with Gasteiger partial charge in [0.1, 0.15) is 11.2 Å². The van der Waals surface area contributed by atoms with E-state index in [0.717, 1.165) is 11.2 Å². The lowest BCUT2D eigenvalue weighted by atomic mass is 9.91. The minimum atomic E-state index is 0.955. The van der Waals surface area contributed by atoms with Crippen molar-refractivity contribution >= 4 is 43.5 Å². The van der Waals surface area contributed by atoms with Crippen LogP contribution < -0.4 is 0 Å². The molecule has 152 valence electrons. The summed E-state index contributed by atoms with van der Waals surface area (Å²) in [6.07, 6.45) is 0. The predicted molar refractivity (Wildman–Crippen MR) is 135 cm³/mol. The average Bonchev–Trinajstić information content (AvgIpc) is 3.18. The second-order valence-electron chi connectivity index (χ2n) is 7.89. The summed E-state index contributed by atoms with van der Waals surface area (Å²) in [4.78, 5) is 0. The van der Waals surface area contributed by atoms with Gasteiger partial charge in [-0.25, -0.2) is 0 Å². The van der Waals surface area contributed by atoms with Gasteiger partial charge in [0.15, 0.2) is 0 Å². The Bertz CT molecular complexity index is 1570. The fraction of sp³-hybridized carbons (Fsp3) is 0.133. The topological polar surface area (TPSA) is 13.1 Å². The average molecular weight is 403 g/mol. The van der Waals surface area contributed by atoms with Gasteiger partial charge in [0.2, 0.25) is 0 Å². The van der Waals surface area contributed by atoms with Crippen molar-refractivity contribution < 1.29 is 4.42 Å². The lowest BCUT2D eigenvalue weighted by Crippen LogP contribution is -1.89. The molecule has 1 nitrogen and oxygen atoms in total. The van der Waals surface area contributed by atoms with Crippen LogP contribution in [-0.2, 0) is 0 Å². The monoisotopic (exact) mass is 402 g/mol. The van der Waals surface area contributed by atoms with Crippen LogP contribution in [0.3, 0.4) is 0 Å². The number of hydrogen-bond donors (Lipinski definition) is 0. The Morgan fingerprint density at radius 3 is 1.97 bits per heavy atom. The number of hydrogen-bond acceptors (Lipinski definition) is 1. The highest BCUT2D eigenvalue weighted by atomic mass is 16.3. The Labute approximate surface area is 182 Å². The second-order valence-corrected chi connectivity index (χ2v) is 7.89. The van der Waals surface area contributed by atoms with E-state index in [2.05, 4.69) is 98.8 Å². The second kappa shape index (κ2) is 7.59. The quantitative estimate of drug-likeness (QED) is 0.267. The third-order valence-electron chi connectivity index (χ3n) is 6.20. The zero-order valence-corrected chi connectivity index (χ0v) is 18.5. The number of furan rings is 1. The maximum atomic E-state index is 6.34. The molecule has 0 aliphatic rings. The number of aryl methyl sites for hydroxylation is 2. The first-order valence-corrected chi connectivity index (χ1v) is 11.0. The van der Waals surface area contributed by atoms with Crippen LogP contribution in [0.15, 0.2) is 89.3 Å². The van der Waals surface area contributed by atoms with Crippen LogP contribution in [0.4, 0.5) is 0 Å². The highest BCUT2D eigenvalue weighted by Gasteiger charge is 2.15. The SMILES string of the molecule is CC.Cc1cc2oc3c4ccccc4ccc3c2cc1-c1ccc2ccccc2c1C. The summed E-state index contributed by atoms with van der Waals surface area (Å²) in [5.41, 5.74) is 7.05. The van der Waals surface area contributed by atoms with Crippen molar-refractivity contribution in [1.29, 1.82) is 0 Å². The lowest BCUT2D eigenvalue weighted by Gasteiger charge is -2.12. The van der Waals surface area contributed by atoms with Crippen molar-refractivity contribution in [3.05, 3.63) is 96.1 Å². The van der Waals surface area contributed by atoms with Crippen molar-refractivity contribution in [2.45, 2.75) is 27.7 Å². The summed E-state index contributed by atoms with van der Waals surface area (Å²) < 4.78 is 6.34. The summed E-state index contributed by atoms with van der Waals surface area (Å²) in [5, 5.41) is 7.33. The van der Waals surface area contributed by atoms with E-state index in [4.69, 9.17) is 4.42 Å². The zero-order valence-electron chi connectivity index (χ0n) is 18.5. The number of benzene rings is 5. The van der Waals surface area contributed by atoms with Crippen LogP contribution in [-0.4, -0.2) is 0 Å². The molecule has 0 aliphatic carbocycles. The number of rotatable bonds is 1. The van der Waals surface area contributed by atoms with Crippen molar-refractivity contribution in [2.75, 3.05) is 0 Å². The fourth-order valence-electron chi connectivity index (χ4n) is 4.66. The molecule has 0 spiro atoms. The third-order valence-corrected chi connectivity index (χ3v) is 6.20. The molecule has 0 aliphatic heterocycles. The Kier molecular flexibility index (Phi) is 4.75. The first-order chi connectivity index (χ1) is 15.2. The van der Waals surface area contributed by atoms with Crippen LogP contribution in [0.1, 0.15) is 25.0 Å². The van der Waals surface area contributed by atoms with E-state index in [-0.39, 0.29) is 0 Å². The minimum Gasteiger partial charge on any atom is -0.455 e. The molecular weight excluding hydrogens is 376 g/mol. The molecule has 1 heterocycles. The van der Waals surface area contributed by atoms with Gasteiger partial charge in [-0.3, -0.25) is 0 Å². The highest BCUT2D eigenvalue weighted by Crippen LogP contribution is 2.39. The zero-order chi connectivity index (χ0) is 21.5. The molecule has 31 heavy (non-hydrogen) atoms. The first kappa shape index (κ1) is 19.4. The molecule has 0 bridgehead atoms. The molecule has 1 heteroatoms. The number of fused-ring (bicyclic) bond motifs is 6. The van der Waals surface area contributed by atoms with Gasteiger partial charge >= 0.3 is 0 Å². The smallest absolute Gasteiger partial charge is 0.143 e. The van der Waals surface area contributed by atoms with Crippen LogP contribution in [0.5, 0.6) is 0 Å². The Morgan fingerprint density at radius 1 is 0.548 bits per heavy atom. The predicted octanol–water partition coefficient (Wildman–Crippen LogP) is 9.20. The van der Waals surface area contributed by atoms with Crippen molar-refractivity contribution in [2.24, 2.45) is 0 Å². The van der Waals surface area contributed by atoms with Crippen molar-refractivity contribution in [3.63, 3.8) is 0 Å². The standard InChI is InChI=1S/C28H20O.C2H6/c1-17-15-27-26(24-14-12-20-8-4-6-10-23(20)28(24)29-27)16-25(17)22-13-11-19-7-3-5-9-21(19)18(22)2;1-2/h3-16H,1-2H3;1-2H3. The summed E-state index contributed by atoms with van der Waals surface area (Å²) in [6.45, 7) is 8.40. The van der Waals surface area contributed by atoms with Crippen molar-refractivity contribution in [1.82, 2.24) is 0 Å². The normalized spacial score (nSPS) is 11.2. The molecule has 0 unspecified atom stereocenters. The van der Waals surface area contributed by atoms with Crippen molar-refractivity contribution in [3.8, 4) is 11.1 Å². The molecule has 0 N–H and O–H groups in total. The van der Waals surface area contributed by atoms with E-state index in [0.29, 0.717) is 0 Å². The van der Waals surface area contributed by atoms with Gasteiger partial charge < -0.3 is 4.42 Å². The molecule has 6 aromatic rings. The largest absolute Gasteiger partial charge is 0.455 e. The van der Waals surface area contributed by atoms with Gasteiger partial charge in [0.05, 0.1) is 0 Å². The molecule has 0 amide bonds. The Morgan fingerprint density at radius 2 is 1.19 bits per heavy atom. The Balaban J connectivity index is 0.000000994. The molecule has 5 aromatic carbocycles. The van der Waals surface area contributed by atoms with Gasteiger partial charge in [-0.05, 0) is 70.5 Å². The fourth-order valence-corrected chi connectivity index (χ4v) is 4.66. The maximum absolute atomic E-state index is 6.34. The summed E-state index contributed by atoms with van der Waals surface area (Å²) in [6, 6.07) is 30.4. The lowest BCUT2D eigenvalue weighted by molar-refractivity contribution is 0.672. The van der Waals surface area contributed by atoms with Crippen LogP contribution in [0.25, 0.3) is 54.6 Å². The van der Waals surface area contributed by atoms with Gasteiger partial charge in [-0.15, -0.1) is 0 Å². The van der Waals surface area contributed by atoms with Gasteiger partial charge in [-0.1, -0.05) is 80.6 Å². The van der Waals surface area contributed by atoms with Crippen LogP contribution in [0.2, 0.25) is 0 Å². The molecule has 0 radical (unpaired) electrons.